The summed E-state index contributed by atoms with van der Waals surface area (Å²) in [5, 5.41) is 2.95. The summed E-state index contributed by atoms with van der Waals surface area (Å²) in [6.45, 7) is 6.50. The first-order valence-electron chi connectivity index (χ1n) is 10.7. The van der Waals surface area contributed by atoms with Crippen molar-refractivity contribution >= 4 is 26.8 Å². The van der Waals surface area contributed by atoms with Gasteiger partial charge in [0.25, 0.3) is 5.91 Å². The number of hydrogen-bond acceptors (Lipinski definition) is 5. The van der Waals surface area contributed by atoms with Gasteiger partial charge in [0.15, 0.2) is 0 Å². The van der Waals surface area contributed by atoms with Crippen molar-refractivity contribution in [3.8, 4) is 0 Å². The van der Waals surface area contributed by atoms with E-state index in [0.717, 1.165) is 12.8 Å². The fraction of sp³-hybridized carbons (Fsp3) is 0.545. The molecule has 170 valence electrons. The molecule has 1 saturated heterocycles. The van der Waals surface area contributed by atoms with Gasteiger partial charge in [-0.2, -0.15) is 4.31 Å². The van der Waals surface area contributed by atoms with Gasteiger partial charge < -0.3 is 14.6 Å². The van der Waals surface area contributed by atoms with Crippen molar-refractivity contribution < 1.29 is 17.9 Å². The van der Waals surface area contributed by atoms with Crippen molar-refractivity contribution in [3.63, 3.8) is 0 Å². The zero-order chi connectivity index (χ0) is 22.6. The third-order valence-electron chi connectivity index (χ3n) is 5.74. The second-order valence-electron chi connectivity index (χ2n) is 8.05. The normalized spacial score (nSPS) is 16.0. The van der Waals surface area contributed by atoms with Crippen molar-refractivity contribution in [1.82, 2.24) is 14.2 Å². The van der Waals surface area contributed by atoms with E-state index in [9.17, 15) is 18.0 Å². The topological polar surface area (TPSA) is 97.7 Å². The third-order valence-corrected chi connectivity index (χ3v) is 7.63. The van der Waals surface area contributed by atoms with Crippen molar-refractivity contribution in [2.75, 3.05) is 32.8 Å². The number of carbonyl (C=O) groups is 1. The largest absolute Gasteiger partial charge is 0.382 e. The molecule has 3 rings (SSSR count). The predicted molar refractivity (Wildman–Crippen MR) is 120 cm³/mol. The summed E-state index contributed by atoms with van der Waals surface area (Å²) in [5.41, 5.74) is 0.0941. The molecule has 1 amide bonds. The number of pyridine rings is 1. The van der Waals surface area contributed by atoms with Crippen molar-refractivity contribution in [1.29, 1.82) is 0 Å². The molecule has 8 nitrogen and oxygen atoms in total. The van der Waals surface area contributed by atoms with E-state index in [1.54, 1.807) is 17.7 Å². The molecule has 31 heavy (non-hydrogen) atoms. The van der Waals surface area contributed by atoms with Crippen LogP contribution in [0.2, 0.25) is 0 Å². The number of nitrogens with zero attached hydrogens (tertiary/aromatic N) is 2. The Balaban J connectivity index is 1.90. The van der Waals surface area contributed by atoms with Gasteiger partial charge in [-0.05, 0) is 50.3 Å². The average molecular weight is 450 g/mol. The van der Waals surface area contributed by atoms with E-state index in [-0.39, 0.29) is 15.8 Å². The fourth-order valence-electron chi connectivity index (χ4n) is 3.78. The summed E-state index contributed by atoms with van der Waals surface area (Å²) < 4.78 is 34.6. The van der Waals surface area contributed by atoms with Gasteiger partial charge in [0.05, 0.1) is 10.4 Å². The lowest BCUT2D eigenvalue weighted by atomic mass is 10.0. The van der Waals surface area contributed by atoms with Crippen LogP contribution >= 0.6 is 0 Å². The maximum Gasteiger partial charge on any atom is 0.256 e. The maximum atomic E-state index is 13.1. The molecule has 2 aromatic rings. The highest BCUT2D eigenvalue weighted by Gasteiger charge is 2.28. The average Bonchev–Trinajstić information content (AvgIpc) is 2.76. The highest BCUT2D eigenvalue weighted by molar-refractivity contribution is 7.89. The fourth-order valence-corrected chi connectivity index (χ4v) is 5.28. The summed E-state index contributed by atoms with van der Waals surface area (Å²) in [6.07, 6.45) is 3.78. The number of carbonyl (C=O) groups excluding carboxylic acids is 1. The number of sulfonamides is 1. The van der Waals surface area contributed by atoms with Gasteiger partial charge in [-0.3, -0.25) is 9.59 Å². The first kappa shape index (κ1) is 23.4. The summed E-state index contributed by atoms with van der Waals surface area (Å²) >= 11 is 0. The van der Waals surface area contributed by atoms with Crippen LogP contribution in [0, 0.1) is 5.92 Å². The van der Waals surface area contributed by atoms with E-state index in [2.05, 4.69) is 12.2 Å². The Morgan fingerprint density at radius 1 is 1.26 bits per heavy atom. The Bertz CT molecular complexity index is 1100. The lowest BCUT2D eigenvalue weighted by Gasteiger charge is -2.29. The van der Waals surface area contributed by atoms with Gasteiger partial charge in [0.2, 0.25) is 15.5 Å². The Labute approximate surface area is 183 Å². The van der Waals surface area contributed by atoms with Crippen molar-refractivity contribution in [2.45, 2.75) is 38.0 Å². The molecule has 0 spiro atoms. The summed E-state index contributed by atoms with van der Waals surface area (Å²) in [5.74, 6) is 0.0298. The van der Waals surface area contributed by atoms with E-state index in [1.807, 2.05) is 6.92 Å². The molecule has 2 heterocycles. The number of benzene rings is 1. The number of aryl methyl sites for hydroxylation is 1. The van der Waals surface area contributed by atoms with Gasteiger partial charge in [0.1, 0.15) is 5.56 Å². The predicted octanol–water partition coefficient (Wildman–Crippen LogP) is 2.12. The van der Waals surface area contributed by atoms with Crippen LogP contribution in [-0.4, -0.2) is 56.0 Å². The molecule has 1 aromatic carbocycles. The number of fused-ring (bicyclic) bond motifs is 1. The number of rotatable bonds is 8. The van der Waals surface area contributed by atoms with Crippen LogP contribution in [-0.2, 0) is 21.8 Å². The second kappa shape index (κ2) is 9.93. The van der Waals surface area contributed by atoms with Crippen molar-refractivity contribution in [2.24, 2.45) is 13.0 Å². The molecule has 0 atom stereocenters. The Hall–Kier alpha value is -2.23. The van der Waals surface area contributed by atoms with Gasteiger partial charge in [-0.1, -0.05) is 6.92 Å². The van der Waals surface area contributed by atoms with E-state index in [4.69, 9.17) is 4.74 Å². The molecule has 0 aliphatic carbocycles. The summed E-state index contributed by atoms with van der Waals surface area (Å²) in [4.78, 5) is 25.7. The van der Waals surface area contributed by atoms with Gasteiger partial charge in [-0.15, -0.1) is 0 Å². The van der Waals surface area contributed by atoms with Crippen LogP contribution in [0.1, 0.15) is 43.5 Å². The molecule has 1 aromatic heterocycles. The van der Waals surface area contributed by atoms with Crippen LogP contribution in [0.4, 0.5) is 0 Å². The second-order valence-corrected chi connectivity index (χ2v) is 9.99. The smallest absolute Gasteiger partial charge is 0.256 e. The molecule has 1 N–H and O–H groups in total. The Morgan fingerprint density at radius 3 is 2.65 bits per heavy atom. The van der Waals surface area contributed by atoms with Crippen LogP contribution in [0.5, 0.6) is 0 Å². The molecular weight excluding hydrogens is 418 g/mol. The van der Waals surface area contributed by atoms with Crippen molar-refractivity contribution in [3.05, 3.63) is 40.2 Å². The molecular formula is C22H31N3O5S. The first-order chi connectivity index (χ1) is 14.8. The van der Waals surface area contributed by atoms with Crippen LogP contribution in [0.3, 0.4) is 0 Å². The lowest BCUT2D eigenvalue weighted by molar-refractivity contribution is 0.0942. The Kier molecular flexibility index (Phi) is 7.51. The van der Waals surface area contributed by atoms with Gasteiger partial charge in [-0.25, -0.2) is 8.42 Å². The SMILES string of the molecule is CCOCCCNC(=O)c1cn(C)c2ccc(S(=O)(=O)N3CCC(C)CC3)cc2c1=O. The minimum Gasteiger partial charge on any atom is -0.382 e. The molecule has 1 aliphatic heterocycles. The highest BCUT2D eigenvalue weighted by atomic mass is 32.2. The number of nitrogens with one attached hydrogen (secondary N) is 1. The minimum absolute atomic E-state index is 0.00671. The zero-order valence-electron chi connectivity index (χ0n) is 18.4. The third kappa shape index (κ3) is 5.16. The van der Waals surface area contributed by atoms with E-state index < -0.39 is 21.4 Å². The molecule has 0 saturated carbocycles. The number of amides is 1. The number of hydrogen-bond donors (Lipinski definition) is 1. The van der Waals surface area contributed by atoms with E-state index in [0.29, 0.717) is 50.7 Å². The van der Waals surface area contributed by atoms with Crippen LogP contribution in [0.15, 0.2) is 34.1 Å². The van der Waals surface area contributed by atoms with E-state index >= 15 is 0 Å². The van der Waals surface area contributed by atoms with Gasteiger partial charge >= 0.3 is 0 Å². The standard InChI is InChI=1S/C22H31N3O5S/c1-4-30-13-5-10-23-22(27)19-15-24(3)20-7-6-17(14-18(20)21(19)26)31(28,29)25-11-8-16(2)9-12-25/h6-7,14-16H,4-5,8-13H2,1-3H3,(H,23,27). The summed E-state index contributed by atoms with van der Waals surface area (Å²) in [7, 11) is -1.96. The lowest BCUT2D eigenvalue weighted by Crippen LogP contribution is -2.38. The van der Waals surface area contributed by atoms with E-state index in [1.165, 1.54) is 22.6 Å². The first-order valence-corrected chi connectivity index (χ1v) is 12.2. The maximum absolute atomic E-state index is 13.1. The zero-order valence-corrected chi connectivity index (χ0v) is 19.2. The molecule has 1 fully saturated rings. The highest BCUT2D eigenvalue weighted by Crippen LogP contribution is 2.25. The Morgan fingerprint density at radius 2 is 1.97 bits per heavy atom. The monoisotopic (exact) mass is 449 g/mol. The number of piperidine rings is 1. The number of ether oxygens (including phenoxy) is 1. The quantitative estimate of drug-likeness (QED) is 0.623. The molecule has 1 aliphatic rings. The number of aromatic nitrogens is 1. The van der Waals surface area contributed by atoms with Gasteiger partial charge in [0, 0.05) is 51.5 Å². The molecule has 9 heteroatoms. The molecule has 0 bridgehead atoms. The molecule has 0 radical (unpaired) electrons. The molecule has 0 unspecified atom stereocenters. The summed E-state index contributed by atoms with van der Waals surface area (Å²) in [6, 6.07) is 4.56. The van der Waals surface area contributed by atoms with Crippen LogP contribution in [0.25, 0.3) is 10.9 Å². The minimum atomic E-state index is -3.69. The van der Waals surface area contributed by atoms with Crippen LogP contribution < -0.4 is 10.7 Å².